The molecule has 2 atom stereocenters. The van der Waals surface area contributed by atoms with Gasteiger partial charge < -0.3 is 0 Å². The molecular weight excluding hydrogens is 443 g/mol. The molecular formula is C21H21Cl3N6. The summed E-state index contributed by atoms with van der Waals surface area (Å²) in [7, 11) is 0. The minimum Gasteiger partial charge on any atom is -0.260 e. The van der Waals surface area contributed by atoms with Crippen molar-refractivity contribution in [3.8, 4) is 0 Å². The third-order valence-electron chi connectivity index (χ3n) is 5.31. The van der Waals surface area contributed by atoms with Crippen LogP contribution in [0.5, 0.6) is 0 Å². The second-order valence-electron chi connectivity index (χ2n) is 7.20. The highest BCUT2D eigenvalue weighted by molar-refractivity contribution is 6.31. The largest absolute Gasteiger partial charge is 0.260 e. The molecule has 0 spiro atoms. The van der Waals surface area contributed by atoms with Crippen LogP contribution in [0.15, 0.2) is 55.0 Å². The summed E-state index contributed by atoms with van der Waals surface area (Å²) >= 11 is 19.2. The number of pyridine rings is 3. The predicted octanol–water partition coefficient (Wildman–Crippen LogP) is 3.83. The molecule has 30 heavy (non-hydrogen) atoms. The van der Waals surface area contributed by atoms with Gasteiger partial charge >= 0.3 is 0 Å². The number of hydrogen-bond donors (Lipinski definition) is 3. The first kappa shape index (κ1) is 21.4. The Hall–Kier alpha value is -1.80. The molecule has 1 aliphatic rings. The van der Waals surface area contributed by atoms with Crippen molar-refractivity contribution in [3.63, 3.8) is 0 Å². The van der Waals surface area contributed by atoms with E-state index in [0.717, 1.165) is 17.1 Å². The number of rotatable bonds is 6. The highest BCUT2D eigenvalue weighted by atomic mass is 35.5. The average molecular weight is 464 g/mol. The van der Waals surface area contributed by atoms with E-state index < -0.39 is 0 Å². The van der Waals surface area contributed by atoms with E-state index in [4.69, 9.17) is 34.8 Å². The van der Waals surface area contributed by atoms with Crippen molar-refractivity contribution in [1.82, 2.24) is 31.3 Å². The van der Waals surface area contributed by atoms with E-state index in [-0.39, 0.29) is 18.0 Å². The number of nitrogens with zero attached hydrogens (tertiary/aromatic N) is 3. The van der Waals surface area contributed by atoms with Gasteiger partial charge in [0, 0.05) is 43.5 Å². The van der Waals surface area contributed by atoms with Crippen molar-refractivity contribution in [2.75, 3.05) is 0 Å². The summed E-state index contributed by atoms with van der Waals surface area (Å²) in [6.07, 6.45) is 7.24. The van der Waals surface area contributed by atoms with E-state index in [0.29, 0.717) is 34.3 Å². The maximum Gasteiger partial charge on any atom is 0.0622 e. The monoisotopic (exact) mass is 462 g/mol. The fraction of sp³-hybridized carbons (Fsp3) is 0.286. The molecule has 0 aromatic carbocycles. The Morgan fingerprint density at radius 2 is 1.03 bits per heavy atom. The van der Waals surface area contributed by atoms with Crippen LogP contribution in [0.1, 0.15) is 17.1 Å². The predicted molar refractivity (Wildman–Crippen MR) is 119 cm³/mol. The number of nitrogens with one attached hydrogen (secondary N) is 3. The number of halogens is 3. The van der Waals surface area contributed by atoms with Gasteiger partial charge in [-0.25, -0.2) is 10.9 Å². The second-order valence-corrected chi connectivity index (χ2v) is 8.42. The third-order valence-corrected chi connectivity index (χ3v) is 6.34. The van der Waals surface area contributed by atoms with Crippen molar-refractivity contribution in [1.29, 1.82) is 0 Å². The third kappa shape index (κ3) is 5.09. The smallest absolute Gasteiger partial charge is 0.0622 e. The molecule has 0 bridgehead atoms. The Morgan fingerprint density at radius 3 is 1.43 bits per heavy atom. The summed E-state index contributed by atoms with van der Waals surface area (Å²) < 4.78 is 0. The summed E-state index contributed by atoms with van der Waals surface area (Å²) in [5.41, 5.74) is 12.3. The molecule has 3 aromatic rings. The van der Waals surface area contributed by atoms with Gasteiger partial charge in [-0.05, 0) is 48.7 Å². The molecule has 4 heterocycles. The standard InChI is InChI=1S/C21H21Cl3N6/c22-14-4-1-7-25-19(14)10-13-17(11-20-15(23)5-2-8-26-20)28-30-29-18(13)12-21-16(24)6-3-9-27-21/h1-9,13,17-18,28-30H,10-12H2. The van der Waals surface area contributed by atoms with Gasteiger partial charge in [-0.1, -0.05) is 34.8 Å². The Labute approximate surface area is 190 Å². The van der Waals surface area contributed by atoms with Gasteiger partial charge in [-0.3, -0.25) is 15.0 Å². The molecule has 3 N–H and O–H groups in total. The zero-order valence-corrected chi connectivity index (χ0v) is 18.3. The Morgan fingerprint density at radius 1 is 0.633 bits per heavy atom. The molecule has 1 fully saturated rings. The summed E-state index contributed by atoms with van der Waals surface area (Å²) in [6.45, 7) is 0. The fourth-order valence-corrected chi connectivity index (χ4v) is 4.35. The van der Waals surface area contributed by atoms with Crippen LogP contribution in [0.2, 0.25) is 15.1 Å². The molecule has 1 aliphatic heterocycles. The fourth-order valence-electron chi connectivity index (χ4n) is 3.76. The molecule has 0 amide bonds. The number of hydrogen-bond acceptors (Lipinski definition) is 6. The first-order chi connectivity index (χ1) is 14.6. The second kappa shape index (κ2) is 10.0. The topological polar surface area (TPSA) is 74.8 Å². The van der Waals surface area contributed by atoms with E-state index in [9.17, 15) is 0 Å². The summed E-state index contributed by atoms with van der Waals surface area (Å²) in [4.78, 5) is 13.4. The lowest BCUT2D eigenvalue weighted by Gasteiger charge is -2.40. The lowest BCUT2D eigenvalue weighted by molar-refractivity contribution is 0.146. The lowest BCUT2D eigenvalue weighted by atomic mass is 9.82. The molecule has 0 aliphatic carbocycles. The lowest BCUT2D eigenvalue weighted by Crippen LogP contribution is -2.66. The van der Waals surface area contributed by atoms with Gasteiger partial charge in [0.2, 0.25) is 0 Å². The molecule has 0 radical (unpaired) electrons. The molecule has 0 saturated carbocycles. The average Bonchev–Trinajstić information content (AvgIpc) is 2.75. The van der Waals surface area contributed by atoms with Gasteiger partial charge in [0.1, 0.15) is 0 Å². The molecule has 156 valence electrons. The van der Waals surface area contributed by atoms with E-state index in [2.05, 4.69) is 31.3 Å². The first-order valence-electron chi connectivity index (χ1n) is 9.66. The summed E-state index contributed by atoms with van der Waals surface area (Å²) in [5.74, 6) is 0.120. The van der Waals surface area contributed by atoms with Gasteiger partial charge in [0.25, 0.3) is 0 Å². The van der Waals surface area contributed by atoms with Crippen LogP contribution >= 0.6 is 34.8 Å². The molecule has 6 nitrogen and oxygen atoms in total. The van der Waals surface area contributed by atoms with E-state index in [1.165, 1.54) is 0 Å². The normalized spacial score (nSPS) is 21.5. The van der Waals surface area contributed by atoms with Crippen molar-refractivity contribution in [2.24, 2.45) is 5.92 Å². The number of aromatic nitrogens is 3. The summed E-state index contributed by atoms with van der Waals surface area (Å²) in [5, 5.41) is 1.95. The van der Waals surface area contributed by atoms with Crippen molar-refractivity contribution >= 4 is 34.8 Å². The quantitative estimate of drug-likeness (QED) is 0.516. The van der Waals surface area contributed by atoms with Gasteiger partial charge in [-0.2, -0.15) is 5.53 Å². The highest BCUT2D eigenvalue weighted by Gasteiger charge is 2.35. The van der Waals surface area contributed by atoms with Crippen LogP contribution in [0.4, 0.5) is 0 Å². The van der Waals surface area contributed by atoms with E-state index >= 15 is 0 Å². The first-order valence-corrected chi connectivity index (χ1v) is 10.8. The van der Waals surface area contributed by atoms with Crippen LogP contribution in [0.25, 0.3) is 0 Å². The zero-order chi connectivity index (χ0) is 20.9. The van der Waals surface area contributed by atoms with Crippen molar-refractivity contribution in [2.45, 2.75) is 31.3 Å². The maximum absolute atomic E-state index is 6.42. The molecule has 3 aromatic heterocycles. The molecule has 4 rings (SSSR count). The van der Waals surface area contributed by atoms with Crippen LogP contribution in [-0.4, -0.2) is 27.0 Å². The molecule has 2 unspecified atom stereocenters. The van der Waals surface area contributed by atoms with E-state index in [1.54, 1.807) is 18.6 Å². The van der Waals surface area contributed by atoms with Crippen LogP contribution < -0.4 is 16.4 Å². The van der Waals surface area contributed by atoms with Gasteiger partial charge in [0.15, 0.2) is 0 Å². The van der Waals surface area contributed by atoms with E-state index in [1.807, 2.05) is 36.4 Å². The molecule has 9 heteroatoms. The zero-order valence-electron chi connectivity index (χ0n) is 16.0. The van der Waals surface area contributed by atoms with Crippen molar-refractivity contribution in [3.05, 3.63) is 87.1 Å². The number of hydrazine groups is 2. The minimum atomic E-state index is 0.0317. The Kier molecular flexibility index (Phi) is 7.15. The Bertz CT molecular complexity index is 946. The summed E-state index contributed by atoms with van der Waals surface area (Å²) in [6, 6.07) is 11.1. The minimum absolute atomic E-state index is 0.0317. The van der Waals surface area contributed by atoms with Gasteiger partial charge in [0.05, 0.1) is 32.1 Å². The Balaban J connectivity index is 1.63. The van der Waals surface area contributed by atoms with Gasteiger partial charge in [-0.15, -0.1) is 0 Å². The molecule has 1 saturated heterocycles. The van der Waals surface area contributed by atoms with Crippen LogP contribution in [0, 0.1) is 5.92 Å². The highest BCUT2D eigenvalue weighted by Crippen LogP contribution is 2.27. The van der Waals surface area contributed by atoms with Crippen LogP contribution in [0.3, 0.4) is 0 Å². The van der Waals surface area contributed by atoms with Crippen molar-refractivity contribution < 1.29 is 0 Å². The van der Waals surface area contributed by atoms with Crippen LogP contribution in [-0.2, 0) is 19.3 Å². The maximum atomic E-state index is 6.42. The SMILES string of the molecule is Clc1cccnc1CC1NNNC(Cc2ncccc2Cl)C1Cc1ncccc1Cl.